The Balaban J connectivity index is 2.18. The Hall–Kier alpha value is -1.25. The first-order chi connectivity index (χ1) is 10.2. The van der Waals surface area contributed by atoms with Crippen LogP contribution in [0.1, 0.15) is 38.7 Å². The minimum atomic E-state index is -0.462. The van der Waals surface area contributed by atoms with Crippen LogP contribution in [0, 0.1) is 11.3 Å². The maximum atomic E-state index is 9.06. The Morgan fingerprint density at radius 3 is 2.76 bits per heavy atom. The topological polar surface area (TPSA) is 54.3 Å². The third-order valence-electron chi connectivity index (χ3n) is 3.32. The molecule has 1 aromatic rings. The summed E-state index contributed by atoms with van der Waals surface area (Å²) in [5.74, 6) is 1.30. The highest BCUT2D eigenvalue weighted by Gasteiger charge is 2.21. The number of rotatable bonds is 8. The molecule has 1 N–H and O–H groups in total. The Labute approximate surface area is 134 Å². The van der Waals surface area contributed by atoms with E-state index in [2.05, 4.69) is 27.3 Å². The van der Waals surface area contributed by atoms with Gasteiger partial charge in [-0.3, -0.25) is 0 Å². The van der Waals surface area contributed by atoms with Crippen LogP contribution in [0.3, 0.4) is 0 Å². The van der Waals surface area contributed by atoms with Gasteiger partial charge in [-0.05, 0) is 59.8 Å². The molecule has 0 aliphatic heterocycles. The van der Waals surface area contributed by atoms with Crippen molar-refractivity contribution in [3.63, 3.8) is 0 Å². The summed E-state index contributed by atoms with van der Waals surface area (Å²) < 4.78 is 12.3. The number of nitriles is 1. The lowest BCUT2D eigenvalue weighted by Crippen LogP contribution is -2.16. The van der Waals surface area contributed by atoms with Crippen molar-refractivity contribution in [1.29, 1.82) is 5.26 Å². The largest absolute Gasteiger partial charge is 0.490 e. The molecule has 21 heavy (non-hydrogen) atoms. The lowest BCUT2D eigenvalue weighted by molar-refractivity contribution is 0.230. The van der Waals surface area contributed by atoms with E-state index in [1.165, 1.54) is 12.8 Å². The van der Waals surface area contributed by atoms with Gasteiger partial charge in [-0.1, -0.05) is 6.92 Å². The Morgan fingerprint density at radius 2 is 2.19 bits per heavy atom. The molecule has 1 aliphatic rings. The van der Waals surface area contributed by atoms with Crippen molar-refractivity contribution in [1.82, 2.24) is 5.32 Å². The zero-order valence-electron chi connectivity index (χ0n) is 12.5. The third kappa shape index (κ3) is 4.62. The molecule has 1 aliphatic carbocycles. The SMILES string of the molecule is CCOc1cc(CNC2CC2)cc(Br)c1OC(C#N)CC. The summed E-state index contributed by atoms with van der Waals surface area (Å²) in [5, 5.41) is 12.5. The molecule has 0 radical (unpaired) electrons. The van der Waals surface area contributed by atoms with Crippen LogP contribution >= 0.6 is 15.9 Å². The van der Waals surface area contributed by atoms with Crippen LogP contribution in [0.15, 0.2) is 16.6 Å². The number of benzene rings is 1. The van der Waals surface area contributed by atoms with Gasteiger partial charge in [-0.25, -0.2) is 0 Å². The van der Waals surface area contributed by atoms with E-state index in [1.54, 1.807) is 0 Å². The minimum Gasteiger partial charge on any atom is -0.490 e. The van der Waals surface area contributed by atoms with E-state index in [0.29, 0.717) is 30.6 Å². The van der Waals surface area contributed by atoms with Crippen LogP contribution in [0.25, 0.3) is 0 Å². The third-order valence-corrected chi connectivity index (χ3v) is 3.91. The quantitative estimate of drug-likeness (QED) is 0.773. The average molecular weight is 353 g/mol. The van der Waals surface area contributed by atoms with Gasteiger partial charge >= 0.3 is 0 Å². The highest BCUT2D eigenvalue weighted by molar-refractivity contribution is 9.10. The first kappa shape index (κ1) is 16.1. The number of hydrogen-bond acceptors (Lipinski definition) is 4. The zero-order valence-corrected chi connectivity index (χ0v) is 14.1. The predicted octanol–water partition coefficient (Wildman–Crippen LogP) is 3.78. The molecule has 4 nitrogen and oxygen atoms in total. The van der Waals surface area contributed by atoms with Gasteiger partial charge < -0.3 is 14.8 Å². The molecule has 1 saturated carbocycles. The molecule has 0 spiro atoms. The molecule has 1 fully saturated rings. The predicted molar refractivity (Wildman–Crippen MR) is 85.5 cm³/mol. The van der Waals surface area contributed by atoms with Crippen LogP contribution in [0.2, 0.25) is 0 Å². The van der Waals surface area contributed by atoms with Gasteiger partial charge in [0, 0.05) is 12.6 Å². The van der Waals surface area contributed by atoms with Crippen LogP contribution in [0.4, 0.5) is 0 Å². The van der Waals surface area contributed by atoms with Crippen molar-refractivity contribution in [3.05, 3.63) is 22.2 Å². The van der Waals surface area contributed by atoms with Crippen LogP contribution in [-0.2, 0) is 6.54 Å². The van der Waals surface area contributed by atoms with Gasteiger partial charge in [0.1, 0.15) is 6.07 Å². The molecule has 0 saturated heterocycles. The maximum absolute atomic E-state index is 9.06. The second kappa shape index (κ2) is 7.67. The summed E-state index contributed by atoms with van der Waals surface area (Å²) in [7, 11) is 0. The Morgan fingerprint density at radius 1 is 1.43 bits per heavy atom. The highest BCUT2D eigenvalue weighted by atomic mass is 79.9. The smallest absolute Gasteiger partial charge is 0.184 e. The fourth-order valence-electron chi connectivity index (χ4n) is 1.99. The highest BCUT2D eigenvalue weighted by Crippen LogP contribution is 2.38. The van der Waals surface area contributed by atoms with Crippen molar-refractivity contribution in [3.8, 4) is 17.6 Å². The number of nitrogens with zero attached hydrogens (tertiary/aromatic N) is 1. The number of nitrogens with one attached hydrogen (secondary N) is 1. The maximum Gasteiger partial charge on any atom is 0.184 e. The Kier molecular flexibility index (Phi) is 5.89. The van der Waals surface area contributed by atoms with Gasteiger partial charge in [0.05, 0.1) is 11.1 Å². The summed E-state index contributed by atoms with van der Waals surface area (Å²) in [4.78, 5) is 0. The number of hydrogen-bond donors (Lipinski definition) is 1. The fourth-order valence-corrected chi connectivity index (χ4v) is 2.58. The zero-order chi connectivity index (χ0) is 15.2. The van der Waals surface area contributed by atoms with Crippen LogP contribution in [-0.4, -0.2) is 18.8 Å². The van der Waals surface area contributed by atoms with Crippen molar-refractivity contribution >= 4 is 15.9 Å². The van der Waals surface area contributed by atoms with Gasteiger partial charge in [0.2, 0.25) is 0 Å². The van der Waals surface area contributed by atoms with E-state index < -0.39 is 6.10 Å². The normalized spacial score (nSPS) is 15.3. The monoisotopic (exact) mass is 352 g/mol. The van der Waals surface area contributed by atoms with E-state index in [-0.39, 0.29) is 0 Å². The molecule has 0 heterocycles. The summed E-state index contributed by atoms with van der Waals surface area (Å²) in [6, 6.07) is 6.83. The van der Waals surface area contributed by atoms with Crippen molar-refractivity contribution in [2.75, 3.05) is 6.61 Å². The summed E-state index contributed by atoms with van der Waals surface area (Å²) in [6.45, 7) is 5.25. The summed E-state index contributed by atoms with van der Waals surface area (Å²) >= 11 is 3.54. The molecular weight excluding hydrogens is 332 g/mol. The van der Waals surface area contributed by atoms with Gasteiger partial charge in [0.25, 0.3) is 0 Å². The van der Waals surface area contributed by atoms with Gasteiger partial charge in [-0.2, -0.15) is 5.26 Å². The number of ether oxygens (including phenoxy) is 2. The second-order valence-corrected chi connectivity index (χ2v) is 5.99. The minimum absolute atomic E-state index is 0.462. The molecule has 5 heteroatoms. The molecule has 1 unspecified atom stereocenters. The molecule has 2 rings (SSSR count). The lowest BCUT2D eigenvalue weighted by atomic mass is 10.2. The second-order valence-electron chi connectivity index (χ2n) is 5.14. The fraction of sp³-hybridized carbons (Fsp3) is 0.562. The molecule has 1 aromatic carbocycles. The van der Waals surface area contributed by atoms with Gasteiger partial charge in [0.15, 0.2) is 17.6 Å². The number of halogens is 1. The average Bonchev–Trinajstić information content (AvgIpc) is 3.29. The van der Waals surface area contributed by atoms with Crippen LogP contribution < -0.4 is 14.8 Å². The molecule has 114 valence electrons. The van der Waals surface area contributed by atoms with Crippen molar-refractivity contribution in [2.45, 2.75) is 51.8 Å². The summed E-state index contributed by atoms with van der Waals surface area (Å²) in [6.07, 6.45) is 2.71. The first-order valence-corrected chi connectivity index (χ1v) is 8.22. The molecule has 0 amide bonds. The molecular formula is C16H21BrN2O2. The van der Waals surface area contributed by atoms with E-state index in [9.17, 15) is 0 Å². The van der Waals surface area contributed by atoms with Crippen molar-refractivity contribution in [2.24, 2.45) is 0 Å². The van der Waals surface area contributed by atoms with E-state index in [1.807, 2.05) is 26.0 Å². The van der Waals surface area contributed by atoms with Gasteiger partial charge in [-0.15, -0.1) is 0 Å². The van der Waals surface area contributed by atoms with Crippen LogP contribution in [0.5, 0.6) is 11.5 Å². The van der Waals surface area contributed by atoms with E-state index >= 15 is 0 Å². The summed E-state index contributed by atoms with van der Waals surface area (Å²) in [5.41, 5.74) is 1.15. The van der Waals surface area contributed by atoms with E-state index in [4.69, 9.17) is 14.7 Å². The van der Waals surface area contributed by atoms with Crippen molar-refractivity contribution < 1.29 is 9.47 Å². The lowest BCUT2D eigenvalue weighted by Gasteiger charge is -2.17. The molecule has 0 aromatic heterocycles. The molecule has 1 atom stereocenters. The standard InChI is InChI=1S/C16H21BrN2O2/c1-3-13(9-18)21-16-14(17)7-11(8-15(16)20-4-2)10-19-12-5-6-12/h7-8,12-13,19H,3-6,10H2,1-2H3. The Bertz CT molecular complexity index is 524. The molecule has 0 bridgehead atoms. The first-order valence-electron chi connectivity index (χ1n) is 7.42. The van der Waals surface area contributed by atoms with E-state index in [0.717, 1.165) is 16.6 Å².